The van der Waals surface area contributed by atoms with E-state index in [1.54, 1.807) is 12.1 Å². The van der Waals surface area contributed by atoms with Crippen LogP contribution in [-0.4, -0.2) is 6.61 Å². The number of nitrogens with zero attached hydrogens (tertiary/aromatic N) is 6. The molecule has 0 saturated heterocycles. The molecule has 0 saturated carbocycles. The first-order valence-corrected chi connectivity index (χ1v) is 6.69. The average molecular weight is 294 g/mol. The molecule has 0 heterocycles. The quantitative estimate of drug-likeness (QED) is 0.292. The van der Waals surface area contributed by atoms with Crippen molar-refractivity contribution in [1.29, 1.82) is 0 Å². The van der Waals surface area contributed by atoms with Crippen molar-refractivity contribution in [1.82, 2.24) is 0 Å². The van der Waals surface area contributed by atoms with Crippen molar-refractivity contribution < 1.29 is 4.74 Å². The van der Waals surface area contributed by atoms with Gasteiger partial charge in [0.15, 0.2) is 0 Å². The lowest BCUT2D eigenvalue weighted by atomic mass is 10.1. The Bertz CT molecular complexity index is 669. The Morgan fingerprint density at radius 1 is 0.818 bits per heavy atom. The average Bonchev–Trinajstić information content (AvgIpc) is 2.55. The van der Waals surface area contributed by atoms with Crippen LogP contribution in [0.1, 0.15) is 11.1 Å². The molecule has 0 atom stereocenters. The molecule has 0 radical (unpaired) electrons. The molecule has 0 N–H and O–H groups in total. The molecule has 0 aliphatic heterocycles. The minimum absolute atomic E-state index is 0.360. The van der Waals surface area contributed by atoms with Gasteiger partial charge in [0.05, 0.1) is 13.2 Å². The van der Waals surface area contributed by atoms with Gasteiger partial charge in [0.25, 0.3) is 0 Å². The number of hydrogen-bond acceptors (Lipinski definition) is 3. The van der Waals surface area contributed by atoms with Crippen molar-refractivity contribution in [3.63, 3.8) is 0 Å². The molecule has 7 heteroatoms. The largest absolute Gasteiger partial charge is 0.376 e. The van der Waals surface area contributed by atoms with E-state index in [4.69, 9.17) is 15.8 Å². The molecule has 0 bridgehead atoms. The van der Waals surface area contributed by atoms with Crippen molar-refractivity contribution in [2.24, 2.45) is 10.2 Å². The molecule has 0 aliphatic rings. The molecule has 110 valence electrons. The molecule has 0 aromatic heterocycles. The lowest BCUT2D eigenvalue weighted by molar-refractivity contribution is 0.124. The van der Waals surface area contributed by atoms with E-state index in [-0.39, 0.29) is 0 Å². The Labute approximate surface area is 127 Å². The summed E-state index contributed by atoms with van der Waals surface area (Å²) in [5, 5.41) is 7.28. The van der Waals surface area contributed by atoms with Gasteiger partial charge in [0.2, 0.25) is 0 Å². The predicted octanol–water partition coefficient (Wildman–Crippen LogP) is 5.33. The van der Waals surface area contributed by atoms with Crippen LogP contribution in [0, 0.1) is 0 Å². The smallest absolute Gasteiger partial charge is 0.0721 e. The van der Waals surface area contributed by atoms with E-state index in [0.717, 1.165) is 11.1 Å². The zero-order chi connectivity index (χ0) is 15.6. The Hall–Kier alpha value is -2.98. The molecule has 2 aromatic carbocycles. The summed E-state index contributed by atoms with van der Waals surface area (Å²) < 4.78 is 5.63. The zero-order valence-corrected chi connectivity index (χ0v) is 11.8. The lowest BCUT2D eigenvalue weighted by Crippen LogP contribution is -1.99. The highest BCUT2D eigenvalue weighted by Gasteiger charge is 2.02. The third-order valence-electron chi connectivity index (χ3n) is 3.06. The number of rotatable bonds is 7. The molecular weight excluding hydrogens is 280 g/mol. The van der Waals surface area contributed by atoms with Crippen LogP contribution in [0.4, 0.5) is 11.4 Å². The standard InChI is InChI=1S/C15H14N6O/c16-20-18-14-7-3-1-5-12(14)9-10-22-11-13-6-2-4-8-15(13)19-21-17/h1-8H,9-11H2. The van der Waals surface area contributed by atoms with E-state index in [9.17, 15) is 0 Å². The van der Waals surface area contributed by atoms with Gasteiger partial charge in [-0.3, -0.25) is 0 Å². The zero-order valence-electron chi connectivity index (χ0n) is 11.8. The van der Waals surface area contributed by atoms with Crippen LogP contribution in [0.5, 0.6) is 0 Å². The Morgan fingerprint density at radius 2 is 1.36 bits per heavy atom. The van der Waals surface area contributed by atoms with Gasteiger partial charge in [0, 0.05) is 21.2 Å². The van der Waals surface area contributed by atoms with Crippen molar-refractivity contribution >= 4 is 11.4 Å². The summed E-state index contributed by atoms with van der Waals surface area (Å²) in [6.45, 7) is 0.835. The van der Waals surface area contributed by atoms with Crippen LogP contribution < -0.4 is 0 Å². The maximum absolute atomic E-state index is 8.53. The fourth-order valence-corrected chi connectivity index (χ4v) is 2.01. The van der Waals surface area contributed by atoms with Gasteiger partial charge in [-0.15, -0.1) is 0 Å². The highest BCUT2D eigenvalue weighted by atomic mass is 16.5. The molecular formula is C15H14N6O. The monoisotopic (exact) mass is 294 g/mol. The van der Waals surface area contributed by atoms with Crippen LogP contribution >= 0.6 is 0 Å². The van der Waals surface area contributed by atoms with E-state index in [1.165, 1.54) is 0 Å². The number of hydrogen-bond donors (Lipinski definition) is 0. The van der Waals surface area contributed by atoms with Crippen LogP contribution in [0.3, 0.4) is 0 Å². The Balaban J connectivity index is 1.93. The molecule has 0 aliphatic carbocycles. The first-order chi connectivity index (χ1) is 10.8. The van der Waals surface area contributed by atoms with E-state index in [0.29, 0.717) is 31.0 Å². The fourth-order valence-electron chi connectivity index (χ4n) is 2.01. The summed E-state index contributed by atoms with van der Waals surface area (Å²) in [6.07, 6.45) is 0.638. The minimum Gasteiger partial charge on any atom is -0.376 e. The SMILES string of the molecule is [N-]=[N+]=Nc1ccccc1CCOCc1ccccc1N=[N+]=[N-]. The van der Waals surface area contributed by atoms with Crippen molar-refractivity contribution in [3.8, 4) is 0 Å². The van der Waals surface area contributed by atoms with Crippen LogP contribution in [0.25, 0.3) is 20.9 Å². The summed E-state index contributed by atoms with van der Waals surface area (Å²) in [4.78, 5) is 5.61. The molecule has 22 heavy (non-hydrogen) atoms. The number of ether oxygens (including phenoxy) is 1. The summed E-state index contributed by atoms with van der Waals surface area (Å²) in [5.74, 6) is 0. The summed E-state index contributed by atoms with van der Waals surface area (Å²) in [7, 11) is 0. The van der Waals surface area contributed by atoms with Gasteiger partial charge in [-0.2, -0.15) is 0 Å². The number of azide groups is 2. The highest BCUT2D eigenvalue weighted by Crippen LogP contribution is 2.21. The highest BCUT2D eigenvalue weighted by molar-refractivity contribution is 5.46. The van der Waals surface area contributed by atoms with Crippen molar-refractivity contribution in [2.75, 3.05) is 6.61 Å². The predicted molar refractivity (Wildman–Crippen MR) is 83.9 cm³/mol. The van der Waals surface area contributed by atoms with Crippen LogP contribution in [-0.2, 0) is 17.8 Å². The van der Waals surface area contributed by atoms with Crippen LogP contribution in [0.15, 0.2) is 58.8 Å². The first kappa shape index (κ1) is 15.4. The molecule has 7 nitrogen and oxygen atoms in total. The fraction of sp³-hybridized carbons (Fsp3) is 0.200. The normalized spacial score (nSPS) is 9.64. The molecule has 0 amide bonds. The molecule has 0 spiro atoms. The minimum atomic E-state index is 0.360. The van der Waals surface area contributed by atoms with Gasteiger partial charge in [-0.1, -0.05) is 58.8 Å². The third kappa shape index (κ3) is 4.26. The van der Waals surface area contributed by atoms with E-state index < -0.39 is 0 Å². The summed E-state index contributed by atoms with van der Waals surface area (Å²) >= 11 is 0. The maximum atomic E-state index is 8.53. The van der Waals surface area contributed by atoms with E-state index in [2.05, 4.69) is 20.1 Å². The Kier molecular flexibility index (Phi) is 5.84. The van der Waals surface area contributed by atoms with Crippen molar-refractivity contribution in [3.05, 3.63) is 80.5 Å². The summed E-state index contributed by atoms with van der Waals surface area (Å²) in [6, 6.07) is 14.7. The second-order valence-electron chi connectivity index (χ2n) is 4.44. The van der Waals surface area contributed by atoms with Gasteiger partial charge in [-0.05, 0) is 28.6 Å². The topological polar surface area (TPSA) is 107 Å². The van der Waals surface area contributed by atoms with Gasteiger partial charge >= 0.3 is 0 Å². The van der Waals surface area contributed by atoms with Crippen LogP contribution in [0.2, 0.25) is 0 Å². The molecule has 2 rings (SSSR count). The second kappa shape index (κ2) is 8.34. The lowest BCUT2D eigenvalue weighted by Gasteiger charge is -2.08. The van der Waals surface area contributed by atoms with Gasteiger partial charge in [-0.25, -0.2) is 0 Å². The first-order valence-electron chi connectivity index (χ1n) is 6.69. The molecule has 0 unspecified atom stereocenters. The maximum Gasteiger partial charge on any atom is 0.0721 e. The number of benzene rings is 2. The molecule has 2 aromatic rings. The van der Waals surface area contributed by atoms with E-state index in [1.807, 2.05) is 36.4 Å². The Morgan fingerprint density at radius 3 is 2.00 bits per heavy atom. The molecule has 0 fully saturated rings. The second-order valence-corrected chi connectivity index (χ2v) is 4.44. The van der Waals surface area contributed by atoms with E-state index >= 15 is 0 Å². The van der Waals surface area contributed by atoms with Gasteiger partial charge < -0.3 is 4.74 Å². The third-order valence-corrected chi connectivity index (χ3v) is 3.06. The van der Waals surface area contributed by atoms with Gasteiger partial charge in [0.1, 0.15) is 0 Å². The summed E-state index contributed by atoms with van der Waals surface area (Å²) in [5.41, 5.74) is 20.0. The van der Waals surface area contributed by atoms with Crippen molar-refractivity contribution in [2.45, 2.75) is 13.0 Å².